The number of hydrogen-bond acceptors (Lipinski definition) is 4. The van der Waals surface area contributed by atoms with Crippen LogP contribution in [0.5, 0.6) is 5.75 Å². The summed E-state index contributed by atoms with van der Waals surface area (Å²) in [5.74, 6) is 1.19. The number of benzene rings is 2. The number of amides is 1. The Labute approximate surface area is 159 Å². The van der Waals surface area contributed by atoms with Crippen molar-refractivity contribution in [3.8, 4) is 5.75 Å². The zero-order chi connectivity index (χ0) is 19.4. The minimum atomic E-state index is -0.189. The summed E-state index contributed by atoms with van der Waals surface area (Å²) in [7, 11) is 1.63. The van der Waals surface area contributed by atoms with Gasteiger partial charge < -0.3 is 15.4 Å². The fourth-order valence-corrected chi connectivity index (χ4v) is 2.68. The smallest absolute Gasteiger partial charge is 0.257 e. The number of aromatic nitrogens is 1. The molecule has 0 spiro atoms. The number of anilines is 3. The molecule has 2 N–H and O–H groups in total. The lowest BCUT2D eigenvalue weighted by Crippen LogP contribution is -2.12. The normalized spacial score (nSPS) is 10.4. The Bertz CT molecular complexity index is 966. The van der Waals surface area contributed by atoms with Crippen LogP contribution >= 0.6 is 0 Å². The van der Waals surface area contributed by atoms with Gasteiger partial charge in [-0.25, -0.2) is 4.98 Å². The van der Waals surface area contributed by atoms with Crippen molar-refractivity contribution in [2.24, 2.45) is 0 Å². The lowest BCUT2D eigenvalue weighted by Gasteiger charge is -2.12. The van der Waals surface area contributed by atoms with Gasteiger partial charge >= 0.3 is 0 Å². The second-order valence-electron chi connectivity index (χ2n) is 6.51. The van der Waals surface area contributed by atoms with E-state index in [9.17, 15) is 4.79 Å². The molecule has 0 aliphatic rings. The SMILES string of the molecule is COc1ccc(C)cc1Nc1ccc(C(=O)Nc2ccc(C)c(C)c2)cn1. The van der Waals surface area contributed by atoms with Crippen LogP contribution < -0.4 is 15.4 Å². The van der Waals surface area contributed by atoms with E-state index in [-0.39, 0.29) is 5.91 Å². The molecule has 0 saturated carbocycles. The van der Waals surface area contributed by atoms with Crippen LogP contribution in [0.1, 0.15) is 27.0 Å². The summed E-state index contributed by atoms with van der Waals surface area (Å²) in [5.41, 5.74) is 5.54. The molecule has 138 valence electrons. The maximum Gasteiger partial charge on any atom is 0.257 e. The average molecular weight is 361 g/mol. The molecule has 0 atom stereocenters. The summed E-state index contributed by atoms with van der Waals surface area (Å²) in [4.78, 5) is 16.8. The molecular formula is C22H23N3O2. The van der Waals surface area contributed by atoms with E-state index in [0.29, 0.717) is 11.4 Å². The molecule has 0 radical (unpaired) electrons. The maximum absolute atomic E-state index is 12.4. The first-order valence-corrected chi connectivity index (χ1v) is 8.72. The molecule has 0 aliphatic carbocycles. The van der Waals surface area contributed by atoms with Crippen molar-refractivity contribution in [1.82, 2.24) is 4.98 Å². The number of rotatable bonds is 5. The van der Waals surface area contributed by atoms with Crippen LogP contribution in [0.25, 0.3) is 0 Å². The van der Waals surface area contributed by atoms with Gasteiger partial charge in [-0.05, 0) is 73.9 Å². The topological polar surface area (TPSA) is 63.2 Å². The Balaban J connectivity index is 1.72. The highest BCUT2D eigenvalue weighted by atomic mass is 16.5. The minimum absolute atomic E-state index is 0.189. The zero-order valence-corrected chi connectivity index (χ0v) is 16.0. The van der Waals surface area contributed by atoms with E-state index in [1.54, 1.807) is 25.4 Å². The Morgan fingerprint density at radius 3 is 2.44 bits per heavy atom. The van der Waals surface area contributed by atoms with Crippen LogP contribution in [0, 0.1) is 20.8 Å². The maximum atomic E-state index is 12.4. The number of ether oxygens (including phenoxy) is 1. The van der Waals surface area contributed by atoms with Crippen LogP contribution in [0.3, 0.4) is 0 Å². The number of nitrogens with zero attached hydrogens (tertiary/aromatic N) is 1. The van der Waals surface area contributed by atoms with E-state index >= 15 is 0 Å². The molecule has 3 rings (SSSR count). The van der Waals surface area contributed by atoms with Crippen molar-refractivity contribution in [3.05, 3.63) is 77.0 Å². The van der Waals surface area contributed by atoms with Gasteiger partial charge in [0.05, 0.1) is 18.4 Å². The van der Waals surface area contributed by atoms with Crippen LogP contribution in [0.4, 0.5) is 17.2 Å². The molecule has 27 heavy (non-hydrogen) atoms. The third-order valence-corrected chi connectivity index (χ3v) is 4.41. The predicted octanol–water partition coefficient (Wildman–Crippen LogP) is 5.01. The quantitative estimate of drug-likeness (QED) is 0.670. The summed E-state index contributed by atoms with van der Waals surface area (Å²) >= 11 is 0. The highest BCUT2D eigenvalue weighted by Crippen LogP contribution is 2.28. The fraction of sp³-hybridized carbons (Fsp3) is 0.182. The Kier molecular flexibility index (Phi) is 5.41. The van der Waals surface area contributed by atoms with Gasteiger partial charge in [0.15, 0.2) is 0 Å². The number of nitrogens with one attached hydrogen (secondary N) is 2. The van der Waals surface area contributed by atoms with Gasteiger partial charge in [0.2, 0.25) is 0 Å². The van der Waals surface area contributed by atoms with Crippen LogP contribution in [0.2, 0.25) is 0 Å². The van der Waals surface area contributed by atoms with Crippen LogP contribution in [-0.2, 0) is 0 Å². The molecule has 0 saturated heterocycles. The molecule has 5 nitrogen and oxygen atoms in total. The van der Waals surface area contributed by atoms with Crippen molar-refractivity contribution in [2.75, 3.05) is 17.7 Å². The first-order chi connectivity index (χ1) is 13.0. The van der Waals surface area contributed by atoms with E-state index in [1.807, 2.05) is 57.2 Å². The summed E-state index contributed by atoms with van der Waals surface area (Å²) in [6.07, 6.45) is 1.56. The van der Waals surface area contributed by atoms with E-state index in [1.165, 1.54) is 5.56 Å². The number of carbonyl (C=O) groups excluding carboxylic acids is 1. The Morgan fingerprint density at radius 2 is 1.78 bits per heavy atom. The van der Waals surface area contributed by atoms with Crippen LogP contribution in [-0.4, -0.2) is 18.0 Å². The lowest BCUT2D eigenvalue weighted by molar-refractivity contribution is 0.102. The molecule has 1 aromatic heterocycles. The average Bonchev–Trinajstić information content (AvgIpc) is 2.65. The first kappa shape index (κ1) is 18.5. The molecule has 0 aliphatic heterocycles. The molecule has 0 unspecified atom stereocenters. The molecule has 3 aromatic rings. The van der Waals surface area contributed by atoms with E-state index in [0.717, 1.165) is 28.3 Å². The van der Waals surface area contributed by atoms with Gasteiger partial charge in [-0.1, -0.05) is 12.1 Å². The number of carbonyl (C=O) groups is 1. The van der Waals surface area contributed by atoms with Gasteiger partial charge in [-0.15, -0.1) is 0 Å². The highest BCUT2D eigenvalue weighted by Gasteiger charge is 2.09. The highest BCUT2D eigenvalue weighted by molar-refractivity contribution is 6.04. The Hall–Kier alpha value is -3.34. The third-order valence-electron chi connectivity index (χ3n) is 4.41. The second kappa shape index (κ2) is 7.91. The molecule has 0 bridgehead atoms. The van der Waals surface area contributed by atoms with Gasteiger partial charge in [0.25, 0.3) is 5.91 Å². The molecule has 1 heterocycles. The molecule has 5 heteroatoms. The molecule has 0 fully saturated rings. The summed E-state index contributed by atoms with van der Waals surface area (Å²) < 4.78 is 5.36. The molecular weight excluding hydrogens is 338 g/mol. The van der Waals surface area contributed by atoms with Crippen molar-refractivity contribution in [2.45, 2.75) is 20.8 Å². The number of methoxy groups -OCH3 is 1. The zero-order valence-electron chi connectivity index (χ0n) is 16.0. The summed E-state index contributed by atoms with van der Waals surface area (Å²) in [6, 6.07) is 15.2. The van der Waals surface area contributed by atoms with Crippen LogP contribution in [0.15, 0.2) is 54.7 Å². The van der Waals surface area contributed by atoms with Gasteiger partial charge in [0, 0.05) is 11.9 Å². The summed E-state index contributed by atoms with van der Waals surface area (Å²) in [6.45, 7) is 6.07. The predicted molar refractivity (Wildman–Crippen MR) is 109 cm³/mol. The fourth-order valence-electron chi connectivity index (χ4n) is 2.68. The monoisotopic (exact) mass is 361 g/mol. The van der Waals surface area contributed by atoms with Crippen molar-refractivity contribution in [3.63, 3.8) is 0 Å². The van der Waals surface area contributed by atoms with E-state index < -0.39 is 0 Å². The standard InChI is InChI=1S/C22H23N3O2/c1-14-5-9-20(27-4)19(11-14)25-21-10-7-17(13-23-21)22(26)24-18-8-6-15(2)16(3)12-18/h5-13H,1-4H3,(H,23,25)(H,24,26). The third kappa shape index (κ3) is 4.44. The van der Waals surface area contributed by atoms with Crippen molar-refractivity contribution in [1.29, 1.82) is 0 Å². The Morgan fingerprint density at radius 1 is 0.963 bits per heavy atom. The van der Waals surface area contributed by atoms with Gasteiger partial charge in [-0.3, -0.25) is 4.79 Å². The molecule has 1 amide bonds. The minimum Gasteiger partial charge on any atom is -0.495 e. The second-order valence-corrected chi connectivity index (χ2v) is 6.51. The van der Waals surface area contributed by atoms with E-state index in [4.69, 9.17) is 4.74 Å². The first-order valence-electron chi connectivity index (χ1n) is 8.72. The lowest BCUT2D eigenvalue weighted by atomic mass is 10.1. The number of aryl methyl sites for hydroxylation is 3. The van der Waals surface area contributed by atoms with Crippen molar-refractivity contribution < 1.29 is 9.53 Å². The largest absolute Gasteiger partial charge is 0.495 e. The van der Waals surface area contributed by atoms with Crippen molar-refractivity contribution >= 4 is 23.1 Å². The number of hydrogen-bond donors (Lipinski definition) is 2. The number of pyridine rings is 1. The summed E-state index contributed by atoms with van der Waals surface area (Å²) in [5, 5.41) is 6.13. The molecule has 2 aromatic carbocycles. The van der Waals surface area contributed by atoms with E-state index in [2.05, 4.69) is 15.6 Å². The van der Waals surface area contributed by atoms with Gasteiger partial charge in [-0.2, -0.15) is 0 Å². The van der Waals surface area contributed by atoms with Gasteiger partial charge in [0.1, 0.15) is 11.6 Å².